The van der Waals surface area contributed by atoms with Gasteiger partial charge in [0.05, 0.1) is 10.3 Å². The summed E-state index contributed by atoms with van der Waals surface area (Å²) in [7, 11) is 0. The monoisotopic (exact) mass is 318 g/mol. The Balaban J connectivity index is 1.86. The molecule has 4 heteroatoms. The molecule has 0 amide bonds. The molecule has 3 rings (SSSR count). The number of rotatable bonds is 3. The molecule has 2 heterocycles. The summed E-state index contributed by atoms with van der Waals surface area (Å²) in [5.41, 5.74) is 0. The molecule has 2 nitrogen and oxygen atoms in total. The van der Waals surface area contributed by atoms with Crippen LogP contribution in [0.1, 0.15) is 4.88 Å². The van der Waals surface area contributed by atoms with Gasteiger partial charge in [-0.2, -0.15) is 0 Å². The molecule has 0 saturated carbocycles. The van der Waals surface area contributed by atoms with Gasteiger partial charge in [-0.3, -0.25) is 0 Å². The molecule has 90 valence electrons. The van der Waals surface area contributed by atoms with E-state index in [1.54, 1.807) is 11.3 Å². The predicted molar refractivity (Wildman–Crippen MR) is 81.1 cm³/mol. The zero-order chi connectivity index (χ0) is 12.4. The molecule has 0 unspecified atom stereocenters. The van der Waals surface area contributed by atoms with Crippen molar-refractivity contribution in [1.82, 2.24) is 4.98 Å². The lowest BCUT2D eigenvalue weighted by Crippen LogP contribution is -2.00. The van der Waals surface area contributed by atoms with Gasteiger partial charge in [0.15, 0.2) is 0 Å². The average molecular weight is 319 g/mol. The molecular weight excluding hydrogens is 308 g/mol. The van der Waals surface area contributed by atoms with E-state index in [1.165, 1.54) is 10.3 Å². The number of halogens is 1. The van der Waals surface area contributed by atoms with Crippen LogP contribution in [0.15, 0.2) is 52.4 Å². The van der Waals surface area contributed by atoms with E-state index in [9.17, 15) is 0 Å². The topological polar surface area (TPSA) is 24.9 Å². The number of anilines is 1. The van der Waals surface area contributed by atoms with Crippen molar-refractivity contribution in [3.05, 3.63) is 57.3 Å². The minimum absolute atomic E-state index is 0.803. The smallest absolute Gasteiger partial charge is 0.134 e. The van der Waals surface area contributed by atoms with Gasteiger partial charge in [0, 0.05) is 16.5 Å². The lowest BCUT2D eigenvalue weighted by Gasteiger charge is -2.07. The van der Waals surface area contributed by atoms with Crippen LogP contribution in [-0.2, 0) is 6.54 Å². The first-order valence-electron chi connectivity index (χ1n) is 5.65. The van der Waals surface area contributed by atoms with Gasteiger partial charge in [-0.1, -0.05) is 24.3 Å². The Hall–Kier alpha value is -1.39. The van der Waals surface area contributed by atoms with E-state index in [1.807, 2.05) is 24.4 Å². The van der Waals surface area contributed by atoms with Crippen molar-refractivity contribution in [2.75, 3.05) is 5.32 Å². The quantitative estimate of drug-likeness (QED) is 0.759. The first-order valence-corrected chi connectivity index (χ1v) is 7.26. The van der Waals surface area contributed by atoms with Crippen LogP contribution in [0.5, 0.6) is 0 Å². The summed E-state index contributed by atoms with van der Waals surface area (Å²) in [4.78, 5) is 5.70. The molecule has 1 N–H and O–H groups in total. The molecule has 0 saturated heterocycles. The second-order valence-electron chi connectivity index (χ2n) is 3.94. The zero-order valence-electron chi connectivity index (χ0n) is 9.56. The number of hydrogen-bond acceptors (Lipinski definition) is 3. The van der Waals surface area contributed by atoms with E-state index < -0.39 is 0 Å². The van der Waals surface area contributed by atoms with Crippen LogP contribution in [-0.4, -0.2) is 4.98 Å². The van der Waals surface area contributed by atoms with Crippen molar-refractivity contribution in [2.24, 2.45) is 0 Å². The van der Waals surface area contributed by atoms with Crippen LogP contribution in [0.25, 0.3) is 10.8 Å². The van der Waals surface area contributed by atoms with Crippen molar-refractivity contribution in [2.45, 2.75) is 6.54 Å². The Labute approximate surface area is 118 Å². The van der Waals surface area contributed by atoms with Crippen LogP contribution < -0.4 is 5.32 Å². The third-order valence-corrected chi connectivity index (χ3v) is 4.36. The number of pyridine rings is 1. The molecule has 18 heavy (non-hydrogen) atoms. The highest BCUT2D eigenvalue weighted by Crippen LogP contribution is 2.24. The Morgan fingerprint density at radius 3 is 2.83 bits per heavy atom. The first-order chi connectivity index (χ1) is 8.83. The molecule has 3 aromatic rings. The second-order valence-corrected chi connectivity index (χ2v) is 6.49. The molecule has 0 bridgehead atoms. The molecular formula is C14H11BrN2S. The van der Waals surface area contributed by atoms with Crippen LogP contribution in [0.3, 0.4) is 0 Å². The number of hydrogen-bond donors (Lipinski definition) is 1. The molecule has 0 radical (unpaired) electrons. The molecule has 0 aliphatic carbocycles. The maximum atomic E-state index is 4.41. The van der Waals surface area contributed by atoms with Gasteiger partial charge in [-0.05, 0) is 39.5 Å². The van der Waals surface area contributed by atoms with Gasteiger partial charge in [0.25, 0.3) is 0 Å². The largest absolute Gasteiger partial charge is 0.365 e. The molecule has 0 fully saturated rings. The summed E-state index contributed by atoms with van der Waals surface area (Å²) in [5.74, 6) is 0.942. The fraction of sp³-hybridized carbons (Fsp3) is 0.0714. The van der Waals surface area contributed by atoms with E-state index in [0.717, 1.165) is 21.5 Å². The van der Waals surface area contributed by atoms with Gasteiger partial charge in [0.1, 0.15) is 5.82 Å². The molecule has 0 aliphatic heterocycles. The minimum atomic E-state index is 0.803. The Morgan fingerprint density at radius 1 is 1.11 bits per heavy atom. The highest BCUT2D eigenvalue weighted by molar-refractivity contribution is 9.11. The zero-order valence-corrected chi connectivity index (χ0v) is 12.0. The molecule has 0 atom stereocenters. The molecule has 2 aromatic heterocycles. The number of nitrogens with zero attached hydrogens (tertiary/aromatic N) is 1. The maximum Gasteiger partial charge on any atom is 0.134 e. The number of aromatic nitrogens is 1. The summed E-state index contributed by atoms with van der Waals surface area (Å²) in [6.45, 7) is 0.803. The fourth-order valence-corrected chi connectivity index (χ4v) is 3.30. The molecule has 0 aliphatic rings. The van der Waals surface area contributed by atoms with Crippen molar-refractivity contribution in [1.29, 1.82) is 0 Å². The first kappa shape index (κ1) is 11.7. The van der Waals surface area contributed by atoms with Gasteiger partial charge < -0.3 is 5.32 Å². The Bertz CT molecular complexity index is 673. The standard InChI is InChI=1S/C14H11BrN2S/c15-13-6-5-11(18-13)9-17-14-12-4-2-1-3-10(12)7-8-16-14/h1-8H,9H2,(H,16,17). The number of benzene rings is 1. The van der Waals surface area contributed by atoms with E-state index >= 15 is 0 Å². The lowest BCUT2D eigenvalue weighted by molar-refractivity contribution is 1.15. The van der Waals surface area contributed by atoms with Crippen molar-refractivity contribution >= 4 is 43.9 Å². The SMILES string of the molecule is Brc1ccc(CNc2nccc3ccccc23)s1. The third kappa shape index (κ3) is 2.40. The van der Waals surface area contributed by atoms with E-state index in [-0.39, 0.29) is 0 Å². The summed E-state index contributed by atoms with van der Waals surface area (Å²) < 4.78 is 1.16. The average Bonchev–Trinajstić information content (AvgIpc) is 2.82. The summed E-state index contributed by atoms with van der Waals surface area (Å²) >= 11 is 5.21. The van der Waals surface area contributed by atoms with Crippen molar-refractivity contribution in [3.63, 3.8) is 0 Å². The van der Waals surface area contributed by atoms with Gasteiger partial charge in [-0.15, -0.1) is 11.3 Å². The van der Waals surface area contributed by atoms with Crippen LogP contribution >= 0.6 is 27.3 Å². The Kier molecular flexibility index (Phi) is 3.30. The van der Waals surface area contributed by atoms with E-state index in [4.69, 9.17) is 0 Å². The van der Waals surface area contributed by atoms with Gasteiger partial charge >= 0.3 is 0 Å². The van der Waals surface area contributed by atoms with Crippen molar-refractivity contribution in [3.8, 4) is 0 Å². The lowest BCUT2D eigenvalue weighted by atomic mass is 10.1. The number of nitrogens with one attached hydrogen (secondary N) is 1. The number of thiophene rings is 1. The van der Waals surface area contributed by atoms with Gasteiger partial charge in [-0.25, -0.2) is 4.98 Å². The van der Waals surface area contributed by atoms with Crippen LogP contribution in [0.2, 0.25) is 0 Å². The van der Waals surface area contributed by atoms with Crippen LogP contribution in [0.4, 0.5) is 5.82 Å². The minimum Gasteiger partial charge on any atom is -0.365 e. The van der Waals surface area contributed by atoms with Gasteiger partial charge in [0.2, 0.25) is 0 Å². The predicted octanol–water partition coefficient (Wildman–Crippen LogP) is 4.67. The molecule has 0 spiro atoms. The Morgan fingerprint density at radius 2 is 2.00 bits per heavy atom. The highest BCUT2D eigenvalue weighted by Gasteiger charge is 2.02. The summed E-state index contributed by atoms with van der Waals surface area (Å²) in [6, 6.07) is 14.5. The third-order valence-electron chi connectivity index (χ3n) is 2.73. The number of fused-ring (bicyclic) bond motifs is 1. The van der Waals surface area contributed by atoms with E-state index in [2.05, 4.69) is 50.5 Å². The molecule has 1 aromatic carbocycles. The highest BCUT2D eigenvalue weighted by atomic mass is 79.9. The van der Waals surface area contributed by atoms with Crippen LogP contribution in [0, 0.1) is 0 Å². The summed E-state index contributed by atoms with van der Waals surface area (Å²) in [6.07, 6.45) is 1.84. The van der Waals surface area contributed by atoms with E-state index in [0.29, 0.717) is 0 Å². The maximum absolute atomic E-state index is 4.41. The fourth-order valence-electron chi connectivity index (χ4n) is 1.88. The normalized spacial score (nSPS) is 10.7. The van der Waals surface area contributed by atoms with Crippen molar-refractivity contribution < 1.29 is 0 Å². The second kappa shape index (κ2) is 5.08. The summed E-state index contributed by atoms with van der Waals surface area (Å²) in [5, 5.41) is 5.77.